The molecule has 306 valence electrons. The Kier molecular flexibility index (Phi) is 14.6. The number of aryl methyl sites for hydroxylation is 2. The highest BCUT2D eigenvalue weighted by atomic mass is 35.5. The van der Waals surface area contributed by atoms with E-state index in [4.69, 9.17) is 49.8 Å². The minimum atomic E-state index is -1.04. The van der Waals surface area contributed by atoms with Gasteiger partial charge in [-0.25, -0.2) is 9.59 Å². The second-order valence-corrected chi connectivity index (χ2v) is 13.8. The molecule has 0 saturated heterocycles. The molecule has 0 aliphatic rings. The molecule has 0 radical (unpaired) electrons. The van der Waals surface area contributed by atoms with E-state index in [9.17, 15) is 14.9 Å². The predicted octanol–water partition coefficient (Wildman–Crippen LogP) is 8.96. The van der Waals surface area contributed by atoms with Gasteiger partial charge < -0.3 is 38.2 Å². The van der Waals surface area contributed by atoms with Crippen LogP contribution in [0.5, 0.6) is 23.0 Å². The fourth-order valence-corrected chi connectivity index (χ4v) is 5.85. The van der Waals surface area contributed by atoms with Gasteiger partial charge in [0.25, 0.3) is 11.8 Å². The molecule has 0 bridgehead atoms. The molecule has 0 aliphatic heterocycles. The lowest BCUT2D eigenvalue weighted by molar-refractivity contribution is -0.140. The van der Waals surface area contributed by atoms with Gasteiger partial charge in [-0.3, -0.25) is 0 Å². The first kappa shape index (κ1) is 43.2. The van der Waals surface area contributed by atoms with Gasteiger partial charge in [0.2, 0.25) is 11.6 Å². The maximum atomic E-state index is 10.7. The van der Waals surface area contributed by atoms with Crippen molar-refractivity contribution in [3.8, 4) is 74.8 Å². The van der Waals surface area contributed by atoms with Crippen molar-refractivity contribution in [3.05, 3.63) is 94.5 Å². The van der Waals surface area contributed by atoms with E-state index in [0.29, 0.717) is 75.1 Å². The Morgan fingerprint density at radius 3 is 1.58 bits per heavy atom. The lowest BCUT2D eigenvalue weighted by atomic mass is 10.0. The summed E-state index contributed by atoms with van der Waals surface area (Å²) >= 11 is 6.29. The Bertz CT molecular complexity index is 2450. The Labute approximate surface area is 345 Å². The number of halogens is 1. The second-order valence-electron chi connectivity index (χ2n) is 13.4. The van der Waals surface area contributed by atoms with Crippen molar-refractivity contribution >= 4 is 23.5 Å². The molecule has 15 nitrogen and oxygen atoms in total. The maximum Gasteiger partial charge on any atom is 0.341 e. The molecule has 0 atom stereocenters. The standard InChI is InChI=1S/C22H21N3O5.C21H21ClN2O5/c1-4-14-10-17(28-12-20(26)27)6-7-18(14)21-24-22(30-25-21)15-5-8-19(29-13(2)3)16(9-15)11-23;1-4-13-9-15(27-11-19(25)26)6-7-16(13)20-23-21(29-24-20)14-5-8-18(17(22)10-14)28-12(2)3/h5-10,13H,4,12H2,1-3H3,(H,26,27);5-10,12H,4,11H2,1-3H3,(H,25,26). The van der Waals surface area contributed by atoms with Crippen molar-refractivity contribution in [1.82, 2.24) is 20.3 Å². The lowest BCUT2D eigenvalue weighted by Crippen LogP contribution is -2.09. The van der Waals surface area contributed by atoms with Gasteiger partial charge in [-0.05, 0) is 124 Å². The molecular weight excluding hydrogens is 782 g/mol. The highest BCUT2D eigenvalue weighted by Crippen LogP contribution is 2.33. The molecule has 4 aromatic carbocycles. The first-order valence-electron chi connectivity index (χ1n) is 18.6. The van der Waals surface area contributed by atoms with Gasteiger partial charge in [-0.1, -0.05) is 35.8 Å². The lowest BCUT2D eigenvalue weighted by Gasteiger charge is -2.11. The van der Waals surface area contributed by atoms with Crippen LogP contribution in [0, 0.1) is 11.3 Å². The van der Waals surface area contributed by atoms with Crippen LogP contribution in [0.1, 0.15) is 58.2 Å². The number of ether oxygens (including phenoxy) is 4. The van der Waals surface area contributed by atoms with Crippen LogP contribution in [0.4, 0.5) is 0 Å². The van der Waals surface area contributed by atoms with Gasteiger partial charge in [-0.2, -0.15) is 15.2 Å². The number of aliphatic carboxylic acids is 2. The largest absolute Gasteiger partial charge is 0.490 e. The molecule has 59 heavy (non-hydrogen) atoms. The van der Waals surface area contributed by atoms with E-state index in [1.165, 1.54) is 0 Å². The monoisotopic (exact) mass is 823 g/mol. The molecular formula is C43H42ClN5O10. The van der Waals surface area contributed by atoms with Crippen molar-refractivity contribution in [2.24, 2.45) is 0 Å². The molecule has 16 heteroatoms. The Hall–Kier alpha value is -6.92. The third-order valence-electron chi connectivity index (χ3n) is 8.22. The number of carboxylic acid groups (broad SMARTS) is 2. The molecule has 0 spiro atoms. The number of nitriles is 1. The Morgan fingerprint density at radius 2 is 1.15 bits per heavy atom. The van der Waals surface area contributed by atoms with E-state index in [-0.39, 0.29) is 18.1 Å². The summed E-state index contributed by atoms with van der Waals surface area (Å²) in [5.74, 6) is 1.41. The summed E-state index contributed by atoms with van der Waals surface area (Å²) < 4.78 is 32.6. The summed E-state index contributed by atoms with van der Waals surface area (Å²) in [4.78, 5) is 30.3. The van der Waals surface area contributed by atoms with Gasteiger partial charge in [0, 0.05) is 22.3 Å². The molecule has 0 fully saturated rings. The Morgan fingerprint density at radius 1 is 0.695 bits per heavy atom. The normalized spacial score (nSPS) is 10.8. The highest BCUT2D eigenvalue weighted by Gasteiger charge is 2.18. The zero-order valence-corrected chi connectivity index (χ0v) is 33.9. The van der Waals surface area contributed by atoms with E-state index in [1.54, 1.807) is 66.7 Å². The molecule has 6 aromatic rings. The van der Waals surface area contributed by atoms with E-state index in [1.807, 2.05) is 47.6 Å². The summed E-state index contributed by atoms with van der Waals surface area (Å²) in [6.45, 7) is 10.8. The number of rotatable bonds is 16. The van der Waals surface area contributed by atoms with Crippen LogP contribution < -0.4 is 18.9 Å². The van der Waals surface area contributed by atoms with Gasteiger partial charge in [0.1, 0.15) is 29.1 Å². The van der Waals surface area contributed by atoms with Crippen LogP contribution in [0.15, 0.2) is 81.8 Å². The minimum Gasteiger partial charge on any atom is -0.490 e. The van der Waals surface area contributed by atoms with Crippen LogP contribution in [0.3, 0.4) is 0 Å². The molecule has 0 saturated carbocycles. The first-order chi connectivity index (χ1) is 28.3. The van der Waals surface area contributed by atoms with Crippen LogP contribution in [0.25, 0.3) is 45.7 Å². The van der Waals surface area contributed by atoms with Crippen molar-refractivity contribution in [2.75, 3.05) is 13.2 Å². The molecule has 2 heterocycles. The number of benzene rings is 4. The van der Waals surface area contributed by atoms with E-state index >= 15 is 0 Å². The zero-order chi connectivity index (χ0) is 42.6. The fraction of sp³-hybridized carbons (Fsp3) is 0.279. The van der Waals surface area contributed by atoms with E-state index in [2.05, 4.69) is 26.4 Å². The topological polar surface area (TPSA) is 213 Å². The number of carbonyl (C=O) groups is 2. The zero-order valence-electron chi connectivity index (χ0n) is 33.2. The Balaban J connectivity index is 0.000000224. The fourth-order valence-electron chi connectivity index (χ4n) is 5.62. The van der Waals surface area contributed by atoms with Crippen LogP contribution in [-0.2, 0) is 22.4 Å². The second kappa shape index (κ2) is 20.0. The van der Waals surface area contributed by atoms with Crippen LogP contribution >= 0.6 is 11.6 Å². The molecule has 2 N–H and O–H groups in total. The van der Waals surface area contributed by atoms with Crippen molar-refractivity contribution in [2.45, 2.75) is 66.6 Å². The molecule has 0 unspecified atom stereocenters. The summed E-state index contributed by atoms with van der Waals surface area (Å²) in [7, 11) is 0. The number of hydrogen-bond donors (Lipinski definition) is 2. The van der Waals surface area contributed by atoms with Gasteiger partial charge in [-0.15, -0.1) is 0 Å². The number of aromatic nitrogens is 4. The number of nitrogens with zero attached hydrogens (tertiary/aromatic N) is 5. The summed E-state index contributed by atoms with van der Waals surface area (Å²) in [5, 5.41) is 35.5. The average Bonchev–Trinajstić information content (AvgIpc) is 3.91. The van der Waals surface area contributed by atoms with Gasteiger partial charge in [0.05, 0.1) is 22.8 Å². The van der Waals surface area contributed by atoms with Crippen molar-refractivity contribution in [3.63, 3.8) is 0 Å². The average molecular weight is 824 g/mol. The quantitative estimate of drug-likeness (QED) is 0.0932. The van der Waals surface area contributed by atoms with Gasteiger partial charge >= 0.3 is 11.9 Å². The molecule has 2 aromatic heterocycles. The summed E-state index contributed by atoms with van der Waals surface area (Å²) in [5.41, 5.74) is 5.04. The smallest absolute Gasteiger partial charge is 0.341 e. The van der Waals surface area contributed by atoms with Crippen LogP contribution in [0.2, 0.25) is 5.02 Å². The van der Waals surface area contributed by atoms with E-state index < -0.39 is 25.2 Å². The van der Waals surface area contributed by atoms with Crippen molar-refractivity contribution in [1.29, 1.82) is 5.26 Å². The number of carboxylic acids is 2. The maximum absolute atomic E-state index is 10.7. The number of hydrogen-bond acceptors (Lipinski definition) is 13. The van der Waals surface area contributed by atoms with E-state index in [0.717, 1.165) is 22.3 Å². The van der Waals surface area contributed by atoms with Crippen molar-refractivity contribution < 1.29 is 47.8 Å². The third kappa shape index (κ3) is 11.6. The van der Waals surface area contributed by atoms with Crippen LogP contribution in [-0.4, -0.2) is 67.9 Å². The van der Waals surface area contributed by atoms with Gasteiger partial charge in [0.15, 0.2) is 13.2 Å². The molecule has 0 aliphatic carbocycles. The SMILES string of the molecule is CCc1cc(OCC(=O)O)ccc1-c1noc(-c2ccc(OC(C)C)c(C#N)c2)n1.CCc1cc(OCC(=O)O)ccc1-c1noc(-c2ccc(OC(C)C)c(Cl)c2)n1. The predicted molar refractivity (Wildman–Crippen MR) is 217 cm³/mol. The molecule has 6 rings (SSSR count). The minimum absolute atomic E-state index is 0.0169. The third-order valence-corrected chi connectivity index (χ3v) is 8.52. The highest BCUT2D eigenvalue weighted by molar-refractivity contribution is 6.32. The first-order valence-corrected chi connectivity index (χ1v) is 19.0. The summed E-state index contributed by atoms with van der Waals surface area (Å²) in [6, 6.07) is 23.0. The summed E-state index contributed by atoms with van der Waals surface area (Å²) in [6.07, 6.45) is 1.33. The molecule has 0 amide bonds.